The first-order valence-electron chi connectivity index (χ1n) is 4.91. The minimum atomic E-state index is 0.605. The van der Waals surface area contributed by atoms with Crippen LogP contribution in [0.3, 0.4) is 0 Å². The summed E-state index contributed by atoms with van der Waals surface area (Å²) in [4.78, 5) is 6.75. The summed E-state index contributed by atoms with van der Waals surface area (Å²) in [6.45, 7) is 3.32. The molecule has 0 bridgehead atoms. The Morgan fingerprint density at radius 2 is 2.38 bits per heavy atom. The zero-order valence-corrected chi connectivity index (χ0v) is 8.33. The van der Waals surface area contributed by atoms with Crippen LogP contribution in [0, 0.1) is 6.92 Å². The lowest BCUT2D eigenvalue weighted by atomic mass is 10.0. The van der Waals surface area contributed by atoms with E-state index in [4.69, 9.17) is 0 Å². The standard InChI is InChI=1S/C11H16N2/c1-9-10(5-3-7-12-9)11-6-4-8-13(11)2/h3,5,7,11H,4,6,8H2,1-2H3. The second-order valence-electron chi connectivity index (χ2n) is 3.82. The van der Waals surface area contributed by atoms with E-state index in [1.807, 2.05) is 12.3 Å². The third-order valence-electron chi connectivity index (χ3n) is 2.93. The first-order valence-corrected chi connectivity index (χ1v) is 4.91. The van der Waals surface area contributed by atoms with Gasteiger partial charge in [-0.3, -0.25) is 9.88 Å². The molecule has 0 radical (unpaired) electrons. The molecule has 2 rings (SSSR count). The average molecular weight is 176 g/mol. The molecule has 1 atom stereocenters. The quantitative estimate of drug-likeness (QED) is 0.652. The lowest BCUT2D eigenvalue weighted by Gasteiger charge is -2.20. The maximum absolute atomic E-state index is 4.33. The normalized spacial score (nSPS) is 23.7. The van der Waals surface area contributed by atoms with Gasteiger partial charge in [0.25, 0.3) is 0 Å². The molecule has 0 spiro atoms. The Hall–Kier alpha value is -0.890. The third-order valence-corrected chi connectivity index (χ3v) is 2.93. The molecule has 1 unspecified atom stereocenters. The molecule has 70 valence electrons. The van der Waals surface area contributed by atoms with Crippen LogP contribution in [0.1, 0.15) is 30.1 Å². The highest BCUT2D eigenvalue weighted by molar-refractivity contribution is 5.23. The van der Waals surface area contributed by atoms with Crippen molar-refractivity contribution in [3.05, 3.63) is 29.6 Å². The van der Waals surface area contributed by atoms with Crippen molar-refractivity contribution < 1.29 is 0 Å². The fourth-order valence-electron chi connectivity index (χ4n) is 2.15. The van der Waals surface area contributed by atoms with E-state index in [0.717, 1.165) is 0 Å². The minimum absolute atomic E-state index is 0.605. The number of hydrogen-bond acceptors (Lipinski definition) is 2. The number of aromatic nitrogens is 1. The van der Waals surface area contributed by atoms with Gasteiger partial charge in [-0.25, -0.2) is 0 Å². The number of hydrogen-bond donors (Lipinski definition) is 0. The highest BCUT2D eigenvalue weighted by atomic mass is 15.1. The Morgan fingerprint density at radius 1 is 1.54 bits per heavy atom. The smallest absolute Gasteiger partial charge is 0.0420 e. The second kappa shape index (κ2) is 3.46. The van der Waals surface area contributed by atoms with Gasteiger partial charge in [0.05, 0.1) is 0 Å². The molecule has 1 saturated heterocycles. The second-order valence-corrected chi connectivity index (χ2v) is 3.82. The van der Waals surface area contributed by atoms with E-state index in [9.17, 15) is 0 Å². The van der Waals surface area contributed by atoms with E-state index in [0.29, 0.717) is 6.04 Å². The van der Waals surface area contributed by atoms with E-state index in [1.165, 1.54) is 30.6 Å². The molecule has 1 aliphatic heterocycles. The molecule has 1 aromatic heterocycles. The zero-order valence-electron chi connectivity index (χ0n) is 8.33. The molecule has 0 aliphatic carbocycles. The summed E-state index contributed by atoms with van der Waals surface area (Å²) in [6, 6.07) is 4.84. The fraction of sp³-hybridized carbons (Fsp3) is 0.545. The van der Waals surface area contributed by atoms with Crippen molar-refractivity contribution >= 4 is 0 Å². The van der Waals surface area contributed by atoms with Gasteiger partial charge in [0.15, 0.2) is 0 Å². The Balaban J connectivity index is 2.29. The van der Waals surface area contributed by atoms with Crippen molar-refractivity contribution in [3.63, 3.8) is 0 Å². The molecule has 1 fully saturated rings. The highest BCUT2D eigenvalue weighted by Gasteiger charge is 2.23. The maximum Gasteiger partial charge on any atom is 0.0420 e. The van der Waals surface area contributed by atoms with Crippen LogP contribution >= 0.6 is 0 Å². The first kappa shape index (κ1) is 8.70. The van der Waals surface area contributed by atoms with Gasteiger partial charge in [0.2, 0.25) is 0 Å². The van der Waals surface area contributed by atoms with Crippen LogP contribution in [0.2, 0.25) is 0 Å². The van der Waals surface area contributed by atoms with Gasteiger partial charge in [0, 0.05) is 17.9 Å². The number of nitrogens with zero attached hydrogens (tertiary/aromatic N) is 2. The van der Waals surface area contributed by atoms with Gasteiger partial charge in [-0.15, -0.1) is 0 Å². The predicted octanol–water partition coefficient (Wildman–Crippen LogP) is 2.16. The summed E-state index contributed by atoms with van der Waals surface area (Å²) in [5.41, 5.74) is 2.59. The SMILES string of the molecule is Cc1ncccc1C1CCCN1C. The molecule has 2 heteroatoms. The van der Waals surface area contributed by atoms with E-state index in [2.05, 4.69) is 29.9 Å². The van der Waals surface area contributed by atoms with Crippen LogP contribution < -0.4 is 0 Å². The minimum Gasteiger partial charge on any atom is -0.299 e. The molecule has 0 saturated carbocycles. The van der Waals surface area contributed by atoms with Crippen molar-refractivity contribution in [3.8, 4) is 0 Å². The molecule has 0 aromatic carbocycles. The predicted molar refractivity (Wildman–Crippen MR) is 53.6 cm³/mol. The highest BCUT2D eigenvalue weighted by Crippen LogP contribution is 2.31. The topological polar surface area (TPSA) is 16.1 Å². The van der Waals surface area contributed by atoms with Crippen LogP contribution in [-0.4, -0.2) is 23.5 Å². The van der Waals surface area contributed by atoms with Crippen molar-refractivity contribution in [2.75, 3.05) is 13.6 Å². The number of likely N-dealkylation sites (tertiary alicyclic amines) is 1. The number of rotatable bonds is 1. The van der Waals surface area contributed by atoms with Crippen LogP contribution in [0.4, 0.5) is 0 Å². The molecule has 2 heterocycles. The van der Waals surface area contributed by atoms with Gasteiger partial charge in [-0.05, 0) is 45.0 Å². The molecule has 0 amide bonds. The summed E-state index contributed by atoms with van der Waals surface area (Å²) in [5.74, 6) is 0. The van der Waals surface area contributed by atoms with Crippen molar-refractivity contribution in [1.29, 1.82) is 0 Å². The molecular formula is C11H16N2. The fourth-order valence-corrected chi connectivity index (χ4v) is 2.15. The Morgan fingerprint density at radius 3 is 3.00 bits per heavy atom. The van der Waals surface area contributed by atoms with Crippen LogP contribution in [0.25, 0.3) is 0 Å². The molecule has 0 N–H and O–H groups in total. The average Bonchev–Trinajstić information content (AvgIpc) is 2.52. The zero-order chi connectivity index (χ0) is 9.26. The van der Waals surface area contributed by atoms with Crippen LogP contribution in [-0.2, 0) is 0 Å². The maximum atomic E-state index is 4.33. The largest absolute Gasteiger partial charge is 0.299 e. The third kappa shape index (κ3) is 1.59. The van der Waals surface area contributed by atoms with Crippen LogP contribution in [0.15, 0.2) is 18.3 Å². The van der Waals surface area contributed by atoms with E-state index in [-0.39, 0.29) is 0 Å². The van der Waals surface area contributed by atoms with Gasteiger partial charge in [-0.1, -0.05) is 6.07 Å². The summed E-state index contributed by atoms with van der Waals surface area (Å²) in [6.07, 6.45) is 4.46. The van der Waals surface area contributed by atoms with Crippen molar-refractivity contribution in [2.24, 2.45) is 0 Å². The summed E-state index contributed by atoms with van der Waals surface area (Å²) in [5, 5.41) is 0. The molecular weight excluding hydrogens is 160 g/mol. The lowest BCUT2D eigenvalue weighted by molar-refractivity contribution is 0.316. The van der Waals surface area contributed by atoms with Crippen LogP contribution in [0.5, 0.6) is 0 Å². The van der Waals surface area contributed by atoms with Crippen molar-refractivity contribution in [2.45, 2.75) is 25.8 Å². The molecule has 13 heavy (non-hydrogen) atoms. The summed E-state index contributed by atoms with van der Waals surface area (Å²) < 4.78 is 0. The Kier molecular flexibility index (Phi) is 2.32. The van der Waals surface area contributed by atoms with Gasteiger partial charge < -0.3 is 0 Å². The number of pyridine rings is 1. The molecule has 2 nitrogen and oxygen atoms in total. The van der Waals surface area contributed by atoms with E-state index < -0.39 is 0 Å². The lowest BCUT2D eigenvalue weighted by Crippen LogP contribution is -2.18. The Bertz CT molecular complexity index is 296. The molecule has 1 aromatic rings. The van der Waals surface area contributed by atoms with Gasteiger partial charge in [-0.2, -0.15) is 0 Å². The first-order chi connectivity index (χ1) is 6.29. The monoisotopic (exact) mass is 176 g/mol. The van der Waals surface area contributed by atoms with E-state index >= 15 is 0 Å². The molecule has 1 aliphatic rings. The Labute approximate surface area is 79.6 Å². The van der Waals surface area contributed by atoms with Gasteiger partial charge in [0.1, 0.15) is 0 Å². The summed E-state index contributed by atoms with van der Waals surface area (Å²) >= 11 is 0. The number of aryl methyl sites for hydroxylation is 1. The van der Waals surface area contributed by atoms with Crippen molar-refractivity contribution in [1.82, 2.24) is 9.88 Å². The van der Waals surface area contributed by atoms with E-state index in [1.54, 1.807) is 0 Å². The van der Waals surface area contributed by atoms with Gasteiger partial charge >= 0.3 is 0 Å². The summed E-state index contributed by atoms with van der Waals surface area (Å²) in [7, 11) is 2.20.